The molecule has 1 aliphatic heterocycles. The van der Waals surface area contributed by atoms with Gasteiger partial charge in [-0.3, -0.25) is 9.52 Å². The smallest absolute Gasteiger partial charge is 0.262 e. The molecule has 0 saturated carbocycles. The average molecular weight is 403 g/mol. The number of sulfonamides is 1. The number of amides is 1. The summed E-state index contributed by atoms with van der Waals surface area (Å²) in [5, 5.41) is 0. The third kappa shape index (κ3) is 4.65. The van der Waals surface area contributed by atoms with Crippen molar-refractivity contribution in [3.05, 3.63) is 53.6 Å². The van der Waals surface area contributed by atoms with E-state index in [1.165, 1.54) is 6.07 Å². The first-order valence-electron chi connectivity index (χ1n) is 9.56. The molecule has 1 fully saturated rings. The maximum absolute atomic E-state index is 12.9. The minimum Gasteiger partial charge on any atom is -0.494 e. The van der Waals surface area contributed by atoms with E-state index < -0.39 is 10.0 Å². The Bertz CT molecular complexity index is 933. The lowest BCUT2D eigenvalue weighted by molar-refractivity contribution is 0.0724. The molecular weight excluding hydrogens is 376 g/mol. The predicted octanol–water partition coefficient (Wildman–Crippen LogP) is 3.82. The zero-order valence-electron chi connectivity index (χ0n) is 16.3. The van der Waals surface area contributed by atoms with Crippen molar-refractivity contribution >= 4 is 21.6 Å². The first kappa shape index (κ1) is 20.2. The number of likely N-dealkylation sites (tertiary alicyclic amines) is 1. The van der Waals surface area contributed by atoms with Gasteiger partial charge >= 0.3 is 0 Å². The van der Waals surface area contributed by atoms with Gasteiger partial charge in [0, 0.05) is 24.3 Å². The van der Waals surface area contributed by atoms with Crippen molar-refractivity contribution < 1.29 is 17.9 Å². The summed E-state index contributed by atoms with van der Waals surface area (Å²) in [6, 6.07) is 11.6. The Morgan fingerprint density at radius 2 is 1.75 bits per heavy atom. The van der Waals surface area contributed by atoms with Crippen LogP contribution < -0.4 is 9.46 Å². The Kier molecular flexibility index (Phi) is 6.24. The fraction of sp³-hybridized carbons (Fsp3) is 0.381. The molecule has 1 aliphatic rings. The van der Waals surface area contributed by atoms with Crippen molar-refractivity contribution in [1.82, 2.24) is 4.90 Å². The highest BCUT2D eigenvalue weighted by atomic mass is 32.2. The molecule has 150 valence electrons. The number of carbonyl (C=O) groups is 1. The Hall–Kier alpha value is -2.54. The van der Waals surface area contributed by atoms with Crippen molar-refractivity contribution in [2.45, 2.75) is 38.0 Å². The summed E-state index contributed by atoms with van der Waals surface area (Å²) in [6.45, 7) is 5.60. The summed E-state index contributed by atoms with van der Waals surface area (Å²) in [7, 11) is -3.82. The summed E-state index contributed by atoms with van der Waals surface area (Å²) >= 11 is 0. The third-order valence-electron chi connectivity index (χ3n) is 4.79. The lowest BCUT2D eigenvalue weighted by Crippen LogP contribution is -2.35. The van der Waals surface area contributed by atoms with Crippen LogP contribution in [0.4, 0.5) is 5.69 Å². The van der Waals surface area contributed by atoms with Gasteiger partial charge in [0.1, 0.15) is 5.75 Å². The molecule has 7 heteroatoms. The standard InChI is InChI=1S/C21H26N2O4S/c1-3-27-19-11-9-18(10-12-19)22-28(25,26)20-15-17(8-7-16(20)2)21(24)23-13-5-4-6-14-23/h7-12,15,22H,3-6,13-14H2,1-2H3. The predicted molar refractivity (Wildman–Crippen MR) is 109 cm³/mol. The molecule has 1 N–H and O–H groups in total. The molecule has 0 aromatic heterocycles. The second kappa shape index (κ2) is 8.65. The molecule has 0 aliphatic carbocycles. The van der Waals surface area contributed by atoms with Crippen molar-refractivity contribution in [2.75, 3.05) is 24.4 Å². The van der Waals surface area contributed by atoms with Crippen molar-refractivity contribution in [3.63, 3.8) is 0 Å². The van der Waals surface area contributed by atoms with Crippen LogP contribution in [0.1, 0.15) is 42.1 Å². The van der Waals surface area contributed by atoms with Crippen LogP contribution in [0.3, 0.4) is 0 Å². The van der Waals surface area contributed by atoms with E-state index in [1.54, 1.807) is 48.2 Å². The Morgan fingerprint density at radius 1 is 1.07 bits per heavy atom. The maximum atomic E-state index is 12.9. The van der Waals surface area contributed by atoms with Crippen LogP contribution in [0.15, 0.2) is 47.4 Å². The molecule has 0 bridgehead atoms. The molecule has 28 heavy (non-hydrogen) atoms. The molecule has 0 radical (unpaired) electrons. The van der Waals surface area contributed by atoms with Gasteiger partial charge in [-0.2, -0.15) is 0 Å². The Balaban J connectivity index is 1.83. The molecule has 1 amide bonds. The summed E-state index contributed by atoms with van der Waals surface area (Å²) in [5.74, 6) is 0.563. The highest BCUT2D eigenvalue weighted by Crippen LogP contribution is 2.23. The largest absolute Gasteiger partial charge is 0.494 e. The number of aryl methyl sites for hydroxylation is 1. The van der Waals surface area contributed by atoms with Crippen LogP contribution in [0.25, 0.3) is 0 Å². The van der Waals surface area contributed by atoms with Crippen LogP contribution in [0.2, 0.25) is 0 Å². The van der Waals surface area contributed by atoms with E-state index in [0.29, 0.717) is 29.2 Å². The van der Waals surface area contributed by atoms with E-state index in [-0.39, 0.29) is 10.8 Å². The van der Waals surface area contributed by atoms with Gasteiger partial charge in [-0.15, -0.1) is 0 Å². The van der Waals surface area contributed by atoms with Gasteiger partial charge in [0.05, 0.1) is 11.5 Å². The van der Waals surface area contributed by atoms with Gasteiger partial charge in [0.15, 0.2) is 0 Å². The number of ether oxygens (including phenoxy) is 1. The molecule has 0 spiro atoms. The summed E-state index contributed by atoms with van der Waals surface area (Å²) in [4.78, 5) is 14.7. The van der Waals surface area contributed by atoms with E-state index in [4.69, 9.17) is 4.74 Å². The molecule has 1 saturated heterocycles. The van der Waals surface area contributed by atoms with Crippen LogP contribution in [0.5, 0.6) is 5.75 Å². The fourth-order valence-corrected chi connectivity index (χ4v) is 4.63. The number of hydrogen-bond acceptors (Lipinski definition) is 4. The number of anilines is 1. The normalized spacial score (nSPS) is 14.6. The molecular formula is C21H26N2O4S. The van der Waals surface area contributed by atoms with Gasteiger partial charge in [0.2, 0.25) is 0 Å². The Morgan fingerprint density at radius 3 is 2.39 bits per heavy atom. The zero-order chi connectivity index (χ0) is 20.1. The Labute approximate surface area is 166 Å². The number of nitrogens with one attached hydrogen (secondary N) is 1. The second-order valence-electron chi connectivity index (χ2n) is 6.90. The number of carbonyl (C=O) groups excluding carboxylic acids is 1. The average Bonchev–Trinajstić information content (AvgIpc) is 2.70. The van der Waals surface area contributed by atoms with Gasteiger partial charge in [-0.1, -0.05) is 6.07 Å². The quantitative estimate of drug-likeness (QED) is 0.797. The number of rotatable bonds is 6. The number of nitrogens with zero attached hydrogens (tertiary/aromatic N) is 1. The molecule has 2 aromatic rings. The summed E-state index contributed by atoms with van der Waals surface area (Å²) in [5.41, 5.74) is 1.43. The second-order valence-corrected chi connectivity index (χ2v) is 8.55. The van der Waals surface area contributed by atoms with Crippen LogP contribution in [-0.2, 0) is 10.0 Å². The van der Waals surface area contributed by atoms with E-state index in [1.807, 2.05) is 6.92 Å². The van der Waals surface area contributed by atoms with Gasteiger partial charge in [-0.25, -0.2) is 8.42 Å². The molecule has 1 heterocycles. The van der Waals surface area contributed by atoms with Crippen molar-refractivity contribution in [1.29, 1.82) is 0 Å². The highest BCUT2D eigenvalue weighted by molar-refractivity contribution is 7.92. The van der Waals surface area contributed by atoms with E-state index in [2.05, 4.69) is 4.72 Å². The van der Waals surface area contributed by atoms with Gasteiger partial charge < -0.3 is 9.64 Å². The first-order chi connectivity index (χ1) is 13.4. The van der Waals surface area contributed by atoms with Crippen LogP contribution >= 0.6 is 0 Å². The topological polar surface area (TPSA) is 75.7 Å². The lowest BCUT2D eigenvalue weighted by atomic mass is 10.1. The van der Waals surface area contributed by atoms with Crippen LogP contribution in [-0.4, -0.2) is 38.9 Å². The SMILES string of the molecule is CCOc1ccc(NS(=O)(=O)c2cc(C(=O)N3CCCCC3)ccc2C)cc1. The van der Waals surface area contributed by atoms with E-state index in [9.17, 15) is 13.2 Å². The van der Waals surface area contributed by atoms with E-state index >= 15 is 0 Å². The van der Waals surface area contributed by atoms with E-state index in [0.717, 1.165) is 32.4 Å². The van der Waals surface area contributed by atoms with Gasteiger partial charge in [-0.05, 0) is 75.1 Å². The first-order valence-corrected chi connectivity index (χ1v) is 11.0. The molecule has 2 aromatic carbocycles. The molecule has 0 unspecified atom stereocenters. The minimum atomic E-state index is -3.82. The van der Waals surface area contributed by atoms with Gasteiger partial charge in [0.25, 0.3) is 15.9 Å². The fourth-order valence-electron chi connectivity index (χ4n) is 3.30. The number of benzene rings is 2. The lowest BCUT2D eigenvalue weighted by Gasteiger charge is -2.27. The van der Waals surface area contributed by atoms with Crippen molar-refractivity contribution in [2.24, 2.45) is 0 Å². The highest BCUT2D eigenvalue weighted by Gasteiger charge is 2.22. The monoisotopic (exact) mass is 402 g/mol. The summed E-state index contributed by atoms with van der Waals surface area (Å²) < 4.78 is 33.8. The minimum absolute atomic E-state index is 0.114. The number of piperidine rings is 1. The van der Waals surface area contributed by atoms with Crippen LogP contribution in [0, 0.1) is 6.92 Å². The molecule has 6 nitrogen and oxygen atoms in total. The summed E-state index contributed by atoms with van der Waals surface area (Å²) in [6.07, 6.45) is 3.10. The molecule has 3 rings (SSSR count). The zero-order valence-corrected chi connectivity index (χ0v) is 17.1. The third-order valence-corrected chi connectivity index (χ3v) is 6.31. The van der Waals surface area contributed by atoms with Crippen molar-refractivity contribution in [3.8, 4) is 5.75 Å². The number of hydrogen-bond donors (Lipinski definition) is 1. The maximum Gasteiger partial charge on any atom is 0.262 e. The molecule has 0 atom stereocenters.